The Morgan fingerprint density at radius 1 is 0.939 bits per heavy atom. The van der Waals surface area contributed by atoms with Crippen LogP contribution in [-0.2, 0) is 21.9 Å². The van der Waals surface area contributed by atoms with Crippen LogP contribution in [0.1, 0.15) is 12.1 Å². The molecule has 0 fully saturated rings. The van der Waals surface area contributed by atoms with Crippen LogP contribution in [0.5, 0.6) is 0 Å². The van der Waals surface area contributed by atoms with Gasteiger partial charge in [0, 0.05) is 20.0 Å². The van der Waals surface area contributed by atoms with Gasteiger partial charge in [-0.25, -0.2) is 17.8 Å². The van der Waals surface area contributed by atoms with Gasteiger partial charge >= 0.3 is 0 Å². The molecular weight excluding hydrogens is 440 g/mol. The zero-order chi connectivity index (χ0) is 23.6. The molecule has 0 aliphatic rings. The normalized spacial score (nSPS) is 11.6. The summed E-state index contributed by atoms with van der Waals surface area (Å²) in [5.41, 5.74) is 1.08. The van der Waals surface area contributed by atoms with Crippen LogP contribution >= 0.6 is 0 Å². The summed E-state index contributed by atoms with van der Waals surface area (Å²) >= 11 is 0. The van der Waals surface area contributed by atoms with E-state index in [9.17, 15) is 18.0 Å². The van der Waals surface area contributed by atoms with Crippen LogP contribution in [0, 0.1) is 6.92 Å². The maximum Gasteiger partial charge on any atom is 0.295 e. The highest BCUT2D eigenvalue weighted by atomic mass is 32.2. The first-order valence-corrected chi connectivity index (χ1v) is 11.9. The number of aromatic nitrogens is 2. The smallest absolute Gasteiger partial charge is 0.295 e. The lowest BCUT2D eigenvalue weighted by molar-refractivity contribution is -0.116. The largest absolute Gasteiger partial charge is 0.320 e. The molecular formula is C24H24N4O4S. The molecule has 0 aliphatic heterocycles. The first kappa shape index (κ1) is 22.5. The minimum Gasteiger partial charge on any atom is -0.320 e. The first-order valence-electron chi connectivity index (χ1n) is 10.4. The van der Waals surface area contributed by atoms with Gasteiger partial charge in [-0.2, -0.15) is 0 Å². The van der Waals surface area contributed by atoms with Crippen LogP contribution in [0.15, 0.2) is 82.5 Å². The molecule has 3 aromatic carbocycles. The van der Waals surface area contributed by atoms with Gasteiger partial charge in [0.1, 0.15) is 5.69 Å². The maximum absolute atomic E-state index is 12.9. The average molecular weight is 465 g/mol. The predicted molar refractivity (Wildman–Crippen MR) is 128 cm³/mol. The third-order valence-corrected chi connectivity index (χ3v) is 6.95. The number of hydrogen-bond donors (Lipinski definition) is 2. The van der Waals surface area contributed by atoms with Crippen LogP contribution in [0.2, 0.25) is 0 Å². The van der Waals surface area contributed by atoms with Crippen LogP contribution in [-0.4, -0.2) is 30.2 Å². The molecule has 8 nitrogen and oxygen atoms in total. The zero-order valence-electron chi connectivity index (χ0n) is 18.3. The third-order valence-electron chi connectivity index (χ3n) is 5.49. The van der Waals surface area contributed by atoms with Crippen molar-refractivity contribution in [2.24, 2.45) is 7.05 Å². The molecule has 170 valence electrons. The summed E-state index contributed by atoms with van der Waals surface area (Å²) in [6, 6.07) is 21.4. The highest BCUT2D eigenvalue weighted by Crippen LogP contribution is 2.19. The molecule has 0 radical (unpaired) electrons. The standard InChI is InChI=1S/C24H24N4O4S/c1-17-23(24(30)28(27(17)2)20-10-4-3-5-11-20)26-22(29)14-15-25-33(31,32)21-13-12-18-8-6-7-9-19(18)16-21/h3-13,16,25H,14-15H2,1-2H3,(H,26,29). The molecule has 9 heteroatoms. The second kappa shape index (κ2) is 9.05. The average Bonchev–Trinajstić information content (AvgIpc) is 3.02. The third kappa shape index (κ3) is 4.59. The number of carbonyl (C=O) groups is 1. The number of benzene rings is 3. The van der Waals surface area contributed by atoms with E-state index >= 15 is 0 Å². The second-order valence-electron chi connectivity index (χ2n) is 7.64. The lowest BCUT2D eigenvalue weighted by atomic mass is 10.1. The van der Waals surface area contributed by atoms with Crippen molar-refractivity contribution in [3.05, 3.63) is 88.8 Å². The maximum atomic E-state index is 12.9. The molecule has 4 aromatic rings. The SMILES string of the molecule is Cc1c(NC(=O)CCNS(=O)(=O)c2ccc3ccccc3c2)c(=O)n(-c2ccccc2)n1C. The van der Waals surface area contributed by atoms with E-state index in [2.05, 4.69) is 10.0 Å². The van der Waals surface area contributed by atoms with Gasteiger partial charge in [-0.1, -0.05) is 48.5 Å². The van der Waals surface area contributed by atoms with Crippen LogP contribution in [0.25, 0.3) is 16.5 Å². The summed E-state index contributed by atoms with van der Waals surface area (Å²) in [7, 11) is -2.04. The molecule has 0 saturated carbocycles. The number of nitrogens with one attached hydrogen (secondary N) is 2. The van der Waals surface area contributed by atoms with Crippen molar-refractivity contribution < 1.29 is 13.2 Å². The number of rotatable bonds is 7. The van der Waals surface area contributed by atoms with Crippen molar-refractivity contribution in [3.8, 4) is 5.69 Å². The number of fused-ring (bicyclic) bond motifs is 1. The Balaban J connectivity index is 1.43. The molecule has 0 bridgehead atoms. The Morgan fingerprint density at radius 3 is 2.33 bits per heavy atom. The van der Waals surface area contributed by atoms with Gasteiger partial charge in [0.25, 0.3) is 5.56 Å². The zero-order valence-corrected chi connectivity index (χ0v) is 19.1. The Morgan fingerprint density at radius 2 is 1.61 bits per heavy atom. The summed E-state index contributed by atoms with van der Waals surface area (Å²) in [6.07, 6.45) is -0.119. The molecule has 0 aliphatic carbocycles. The number of para-hydroxylation sites is 1. The van der Waals surface area contributed by atoms with Crippen molar-refractivity contribution in [2.45, 2.75) is 18.2 Å². The van der Waals surface area contributed by atoms with E-state index in [1.54, 1.807) is 42.9 Å². The molecule has 0 unspecified atom stereocenters. The molecule has 33 heavy (non-hydrogen) atoms. The number of carbonyl (C=O) groups excluding carboxylic acids is 1. The number of anilines is 1. The van der Waals surface area contributed by atoms with Crippen molar-refractivity contribution in [3.63, 3.8) is 0 Å². The Labute approximate surface area is 191 Å². The van der Waals surface area contributed by atoms with Gasteiger partial charge in [-0.15, -0.1) is 0 Å². The molecule has 1 amide bonds. The Kier molecular flexibility index (Phi) is 6.17. The number of sulfonamides is 1. The summed E-state index contributed by atoms with van der Waals surface area (Å²) < 4.78 is 30.8. The lowest BCUT2D eigenvalue weighted by Crippen LogP contribution is -2.29. The van der Waals surface area contributed by atoms with Gasteiger partial charge < -0.3 is 5.32 Å². The molecule has 4 rings (SSSR count). The molecule has 2 N–H and O–H groups in total. The first-order chi connectivity index (χ1) is 15.8. The van der Waals surface area contributed by atoms with Gasteiger partial charge in [0.05, 0.1) is 16.3 Å². The number of amides is 1. The van der Waals surface area contributed by atoms with Crippen molar-refractivity contribution in [1.82, 2.24) is 14.1 Å². The predicted octanol–water partition coefficient (Wildman–Crippen LogP) is 2.94. The van der Waals surface area contributed by atoms with E-state index in [1.807, 2.05) is 42.5 Å². The molecule has 1 heterocycles. The fourth-order valence-electron chi connectivity index (χ4n) is 3.63. The topological polar surface area (TPSA) is 102 Å². The highest BCUT2D eigenvalue weighted by Gasteiger charge is 2.19. The molecule has 1 aromatic heterocycles. The quantitative estimate of drug-likeness (QED) is 0.439. The van der Waals surface area contributed by atoms with E-state index in [0.717, 1.165) is 10.8 Å². The van der Waals surface area contributed by atoms with Gasteiger partial charge in [-0.3, -0.25) is 14.3 Å². The second-order valence-corrected chi connectivity index (χ2v) is 9.41. The van der Waals surface area contributed by atoms with Crippen LogP contribution in [0.3, 0.4) is 0 Å². The van der Waals surface area contributed by atoms with E-state index in [4.69, 9.17) is 0 Å². The summed E-state index contributed by atoms with van der Waals surface area (Å²) in [4.78, 5) is 25.5. The van der Waals surface area contributed by atoms with E-state index < -0.39 is 15.9 Å². The number of nitrogens with zero attached hydrogens (tertiary/aromatic N) is 2. The molecule has 0 spiro atoms. The summed E-state index contributed by atoms with van der Waals surface area (Å²) in [5, 5.41) is 4.38. The fraction of sp³-hybridized carbons (Fsp3) is 0.167. The Hall–Kier alpha value is -3.69. The van der Waals surface area contributed by atoms with Gasteiger partial charge in [0.2, 0.25) is 15.9 Å². The van der Waals surface area contributed by atoms with Gasteiger partial charge in [0.15, 0.2) is 0 Å². The van der Waals surface area contributed by atoms with Crippen molar-refractivity contribution in [1.29, 1.82) is 0 Å². The highest BCUT2D eigenvalue weighted by molar-refractivity contribution is 7.89. The van der Waals surface area contributed by atoms with E-state index in [0.29, 0.717) is 11.4 Å². The minimum absolute atomic E-state index is 0.0975. The fourth-order valence-corrected chi connectivity index (χ4v) is 4.70. The number of hydrogen-bond acceptors (Lipinski definition) is 4. The Bertz CT molecular complexity index is 1490. The molecule has 0 atom stereocenters. The van der Waals surface area contributed by atoms with E-state index in [-0.39, 0.29) is 29.1 Å². The van der Waals surface area contributed by atoms with Crippen molar-refractivity contribution in [2.75, 3.05) is 11.9 Å². The minimum atomic E-state index is -3.78. The molecule has 0 saturated heterocycles. The summed E-state index contributed by atoms with van der Waals surface area (Å²) in [6.45, 7) is 1.64. The van der Waals surface area contributed by atoms with E-state index in [1.165, 1.54) is 10.7 Å². The van der Waals surface area contributed by atoms with Crippen LogP contribution in [0.4, 0.5) is 5.69 Å². The lowest BCUT2D eigenvalue weighted by Gasteiger charge is -2.08. The van der Waals surface area contributed by atoms with Crippen molar-refractivity contribution >= 4 is 32.4 Å². The summed E-state index contributed by atoms with van der Waals surface area (Å²) in [5.74, 6) is -0.456. The monoisotopic (exact) mass is 464 g/mol. The van der Waals surface area contributed by atoms with Crippen LogP contribution < -0.4 is 15.6 Å². The van der Waals surface area contributed by atoms with Gasteiger partial charge in [-0.05, 0) is 42.0 Å².